The van der Waals surface area contributed by atoms with Crippen LogP contribution < -0.4 is 5.32 Å². The van der Waals surface area contributed by atoms with Gasteiger partial charge in [0, 0.05) is 23.6 Å². The highest BCUT2D eigenvalue weighted by molar-refractivity contribution is 6.30. The van der Waals surface area contributed by atoms with Gasteiger partial charge < -0.3 is 9.88 Å². The van der Waals surface area contributed by atoms with Crippen molar-refractivity contribution in [3.05, 3.63) is 64.7 Å². The van der Waals surface area contributed by atoms with Gasteiger partial charge in [-0.05, 0) is 62.6 Å². The van der Waals surface area contributed by atoms with Gasteiger partial charge in [0.15, 0.2) is 5.82 Å². The van der Waals surface area contributed by atoms with E-state index in [1.165, 1.54) is 6.07 Å². The quantitative estimate of drug-likeness (QED) is 0.609. The molecular formula is C23H24ClFN4O. The van der Waals surface area contributed by atoms with Gasteiger partial charge in [-0.15, -0.1) is 10.2 Å². The largest absolute Gasteiger partial charge is 0.323 e. The van der Waals surface area contributed by atoms with Crippen LogP contribution in [0.15, 0.2) is 42.5 Å². The maximum atomic E-state index is 14.5. The summed E-state index contributed by atoms with van der Waals surface area (Å²) in [6, 6.07) is 11.8. The molecule has 2 heterocycles. The predicted molar refractivity (Wildman–Crippen MR) is 116 cm³/mol. The first-order chi connectivity index (χ1) is 14.4. The number of nitrogens with zero attached hydrogens (tertiary/aromatic N) is 3. The van der Waals surface area contributed by atoms with Crippen molar-refractivity contribution in [2.75, 3.05) is 5.32 Å². The number of halogens is 2. The predicted octanol–water partition coefficient (Wildman–Crippen LogP) is 5.38. The van der Waals surface area contributed by atoms with Crippen molar-refractivity contribution >= 4 is 23.2 Å². The number of aromatic nitrogens is 3. The zero-order valence-corrected chi connectivity index (χ0v) is 17.8. The molecule has 0 atom stereocenters. The van der Waals surface area contributed by atoms with E-state index in [0.717, 1.165) is 49.2 Å². The first-order valence-corrected chi connectivity index (χ1v) is 10.5. The maximum absolute atomic E-state index is 14.5. The van der Waals surface area contributed by atoms with Crippen molar-refractivity contribution < 1.29 is 9.18 Å². The summed E-state index contributed by atoms with van der Waals surface area (Å²) < 4.78 is 16.6. The third-order valence-electron chi connectivity index (χ3n) is 5.72. The molecule has 0 saturated heterocycles. The van der Waals surface area contributed by atoms with Crippen LogP contribution in [0.25, 0.3) is 11.4 Å². The third-order valence-corrected chi connectivity index (χ3v) is 5.97. The molecule has 1 aromatic heterocycles. The van der Waals surface area contributed by atoms with Gasteiger partial charge in [-0.25, -0.2) is 4.39 Å². The second kappa shape index (κ2) is 8.19. The van der Waals surface area contributed by atoms with Crippen LogP contribution in [0.3, 0.4) is 0 Å². The Hall–Kier alpha value is -2.73. The second-order valence-corrected chi connectivity index (χ2v) is 8.62. The number of rotatable bonds is 4. The van der Waals surface area contributed by atoms with Crippen molar-refractivity contribution in [1.29, 1.82) is 0 Å². The lowest BCUT2D eigenvalue weighted by Gasteiger charge is -2.24. The number of hydrogen-bond acceptors (Lipinski definition) is 3. The first kappa shape index (κ1) is 20.5. The van der Waals surface area contributed by atoms with E-state index < -0.39 is 11.2 Å². The summed E-state index contributed by atoms with van der Waals surface area (Å²) in [7, 11) is 0. The summed E-state index contributed by atoms with van der Waals surface area (Å²) in [6.07, 6.45) is 4.22. The molecule has 0 spiro atoms. The molecule has 30 heavy (non-hydrogen) atoms. The number of nitrogens with one attached hydrogen (secondary N) is 1. The molecule has 1 aliphatic rings. The van der Waals surface area contributed by atoms with E-state index in [-0.39, 0.29) is 11.6 Å². The van der Waals surface area contributed by atoms with Gasteiger partial charge in [0.05, 0.1) is 11.1 Å². The van der Waals surface area contributed by atoms with E-state index in [2.05, 4.69) is 20.1 Å². The molecule has 0 saturated carbocycles. The number of carbonyl (C=O) groups excluding carboxylic acids is 1. The van der Waals surface area contributed by atoms with Crippen LogP contribution in [-0.2, 0) is 23.2 Å². The lowest BCUT2D eigenvalue weighted by atomic mass is 9.83. The van der Waals surface area contributed by atoms with Crippen LogP contribution in [0.2, 0.25) is 5.02 Å². The normalized spacial score (nSPS) is 14.1. The number of anilines is 1. The molecule has 0 radical (unpaired) electrons. The van der Waals surface area contributed by atoms with Crippen molar-refractivity contribution in [3.8, 4) is 11.4 Å². The Kier molecular flexibility index (Phi) is 5.60. The lowest BCUT2D eigenvalue weighted by molar-refractivity contribution is -0.120. The van der Waals surface area contributed by atoms with Gasteiger partial charge in [-0.1, -0.05) is 30.2 Å². The molecule has 156 valence electrons. The molecule has 1 aliphatic heterocycles. The van der Waals surface area contributed by atoms with E-state index in [1.54, 1.807) is 50.2 Å². The summed E-state index contributed by atoms with van der Waals surface area (Å²) in [4.78, 5) is 13.0. The Morgan fingerprint density at radius 2 is 1.87 bits per heavy atom. The fourth-order valence-corrected chi connectivity index (χ4v) is 3.86. The maximum Gasteiger partial charge on any atom is 0.234 e. The fourth-order valence-electron chi connectivity index (χ4n) is 3.73. The minimum absolute atomic E-state index is 0.130. The molecule has 0 fully saturated rings. The Morgan fingerprint density at radius 3 is 2.63 bits per heavy atom. The van der Waals surface area contributed by atoms with Gasteiger partial charge in [-0.2, -0.15) is 0 Å². The molecule has 0 aliphatic carbocycles. The van der Waals surface area contributed by atoms with E-state index in [0.29, 0.717) is 10.8 Å². The van der Waals surface area contributed by atoms with E-state index in [4.69, 9.17) is 11.6 Å². The number of carbonyl (C=O) groups is 1. The molecule has 5 nitrogen and oxygen atoms in total. The molecule has 3 aromatic rings. The zero-order valence-electron chi connectivity index (χ0n) is 17.1. The monoisotopic (exact) mass is 426 g/mol. The Balaban J connectivity index is 1.62. The van der Waals surface area contributed by atoms with Crippen LogP contribution in [0, 0.1) is 5.82 Å². The number of benzene rings is 2. The summed E-state index contributed by atoms with van der Waals surface area (Å²) in [5.74, 6) is 0.871. The molecule has 0 bridgehead atoms. The average Bonchev–Trinajstić information content (AvgIpc) is 2.98. The summed E-state index contributed by atoms with van der Waals surface area (Å²) >= 11 is 5.96. The highest BCUT2D eigenvalue weighted by Crippen LogP contribution is 2.30. The molecular weight excluding hydrogens is 403 g/mol. The van der Waals surface area contributed by atoms with Gasteiger partial charge in [0.2, 0.25) is 5.91 Å². The lowest BCUT2D eigenvalue weighted by Crippen LogP contribution is -2.35. The smallest absolute Gasteiger partial charge is 0.234 e. The van der Waals surface area contributed by atoms with Crippen molar-refractivity contribution in [1.82, 2.24) is 14.8 Å². The van der Waals surface area contributed by atoms with E-state index in [1.807, 2.05) is 0 Å². The van der Waals surface area contributed by atoms with Gasteiger partial charge in [0.25, 0.3) is 0 Å². The summed E-state index contributed by atoms with van der Waals surface area (Å²) in [6.45, 7) is 4.44. The molecule has 1 amide bonds. The molecule has 0 unspecified atom stereocenters. The minimum Gasteiger partial charge on any atom is -0.323 e. The van der Waals surface area contributed by atoms with E-state index in [9.17, 15) is 9.18 Å². The van der Waals surface area contributed by atoms with Crippen LogP contribution in [-0.4, -0.2) is 20.7 Å². The minimum atomic E-state index is -0.862. The number of fused-ring (bicyclic) bond motifs is 1. The van der Waals surface area contributed by atoms with Crippen LogP contribution in [0.5, 0.6) is 0 Å². The van der Waals surface area contributed by atoms with E-state index >= 15 is 0 Å². The zero-order chi connectivity index (χ0) is 21.3. The van der Waals surface area contributed by atoms with Crippen molar-refractivity contribution in [2.24, 2.45) is 0 Å². The van der Waals surface area contributed by atoms with Crippen molar-refractivity contribution in [2.45, 2.75) is 51.5 Å². The van der Waals surface area contributed by atoms with Crippen LogP contribution in [0.1, 0.15) is 44.5 Å². The number of amides is 1. The third kappa shape index (κ3) is 3.97. The highest BCUT2D eigenvalue weighted by atomic mass is 35.5. The summed E-state index contributed by atoms with van der Waals surface area (Å²) in [5, 5.41) is 12.0. The molecule has 7 heteroatoms. The SMILES string of the molecule is CC(C)(C(=O)Nc1cc(-c2nnc3n2CCCCC3)ccc1F)c1ccc(Cl)cc1. The van der Waals surface area contributed by atoms with Crippen LogP contribution >= 0.6 is 11.6 Å². The van der Waals surface area contributed by atoms with Gasteiger partial charge in [0.1, 0.15) is 11.6 Å². The standard InChI is InChI=1S/C23H24ClFN4O/c1-23(2,16-8-10-17(24)11-9-16)22(30)26-19-14-15(7-12-18(19)25)21-28-27-20-6-4-3-5-13-29(20)21/h7-12,14H,3-6,13H2,1-2H3,(H,26,30). The second-order valence-electron chi connectivity index (χ2n) is 8.18. The average molecular weight is 427 g/mol. The number of aryl methyl sites for hydroxylation is 1. The van der Waals surface area contributed by atoms with Crippen molar-refractivity contribution in [3.63, 3.8) is 0 Å². The topological polar surface area (TPSA) is 59.8 Å². The molecule has 2 aromatic carbocycles. The van der Waals surface area contributed by atoms with Crippen LogP contribution in [0.4, 0.5) is 10.1 Å². The highest BCUT2D eigenvalue weighted by Gasteiger charge is 2.30. The van der Waals surface area contributed by atoms with Gasteiger partial charge in [-0.3, -0.25) is 4.79 Å². The first-order valence-electron chi connectivity index (χ1n) is 10.2. The molecule has 1 N–H and O–H groups in total. The fraction of sp³-hybridized carbons (Fsp3) is 0.348. The Labute approximate surface area is 180 Å². The van der Waals surface area contributed by atoms with Gasteiger partial charge >= 0.3 is 0 Å². The summed E-state index contributed by atoms with van der Waals surface area (Å²) in [5.41, 5.74) is 0.796. The Morgan fingerprint density at radius 1 is 1.10 bits per heavy atom. The molecule has 4 rings (SSSR count). The Bertz CT molecular complexity index is 1080. The number of hydrogen-bond donors (Lipinski definition) is 1.